The Balaban J connectivity index is 2.79. The number of hydrogen-bond donors (Lipinski definition) is 3. The van der Waals surface area contributed by atoms with Crippen LogP contribution in [0.1, 0.15) is 0 Å². The molecule has 6 nitrogen and oxygen atoms in total. The van der Waals surface area contributed by atoms with E-state index >= 15 is 0 Å². The molecular weight excluding hydrogens is 206 g/mol. The number of rotatable bonds is 4. The molecule has 1 rings (SSSR count). The molecule has 0 radical (unpaired) electrons. The first-order chi connectivity index (χ1) is 6.54. The number of hydrogen-bond acceptors (Lipinski definition) is 5. The van der Waals surface area contributed by atoms with E-state index in [1.54, 1.807) is 0 Å². The second-order valence-electron chi connectivity index (χ2n) is 2.57. The van der Waals surface area contributed by atoms with Crippen LogP contribution in [0.25, 0.3) is 0 Å². The minimum Gasteiger partial charge on any atom is -0.395 e. The van der Waals surface area contributed by atoms with Crippen molar-refractivity contribution in [2.75, 3.05) is 18.5 Å². The van der Waals surface area contributed by atoms with E-state index in [4.69, 9.17) is 10.2 Å². The summed E-state index contributed by atoms with van der Waals surface area (Å²) >= 11 is 0. The zero-order valence-electron chi connectivity index (χ0n) is 7.34. The first-order valence-electron chi connectivity index (χ1n) is 3.87. The smallest absolute Gasteiger partial charge is 0.239 e. The Labute approximate surface area is 81.8 Å². The van der Waals surface area contributed by atoms with E-state index in [0.717, 1.165) is 6.20 Å². The van der Waals surface area contributed by atoms with Crippen LogP contribution in [0.4, 0.5) is 5.82 Å². The van der Waals surface area contributed by atoms with Gasteiger partial charge >= 0.3 is 0 Å². The highest BCUT2D eigenvalue weighted by Crippen LogP contribution is 2.08. The molecule has 4 N–H and O–H groups in total. The van der Waals surface area contributed by atoms with E-state index in [-0.39, 0.29) is 11.5 Å². The molecule has 1 heterocycles. The van der Waals surface area contributed by atoms with Crippen molar-refractivity contribution < 1.29 is 13.5 Å². The van der Waals surface area contributed by atoms with Crippen molar-refractivity contribution in [3.8, 4) is 0 Å². The van der Waals surface area contributed by atoms with Crippen LogP contribution in [0, 0.1) is 0 Å². The monoisotopic (exact) mass is 217 g/mol. The standard InChI is InChI=1S/C7H11N3O3S/c8-14(12,13)6-1-2-7(10-5-6)9-3-4-11/h1-2,5,11H,3-4H2,(H,9,10)(H2,8,12,13). The quantitative estimate of drug-likeness (QED) is 0.608. The summed E-state index contributed by atoms with van der Waals surface area (Å²) in [5, 5.41) is 16.2. The molecule has 0 saturated heterocycles. The fourth-order valence-electron chi connectivity index (χ4n) is 0.837. The molecule has 0 atom stereocenters. The van der Waals surface area contributed by atoms with E-state index in [1.165, 1.54) is 12.1 Å². The number of nitrogens with two attached hydrogens (primary N) is 1. The van der Waals surface area contributed by atoms with Gasteiger partial charge in [0.25, 0.3) is 0 Å². The SMILES string of the molecule is NS(=O)(=O)c1ccc(NCCO)nc1. The number of primary sulfonamides is 1. The van der Waals surface area contributed by atoms with Gasteiger partial charge in [0.05, 0.1) is 6.61 Å². The molecule has 0 amide bonds. The van der Waals surface area contributed by atoms with Crippen molar-refractivity contribution in [1.29, 1.82) is 0 Å². The summed E-state index contributed by atoms with van der Waals surface area (Å²) in [6, 6.07) is 2.83. The van der Waals surface area contributed by atoms with Gasteiger partial charge in [-0.25, -0.2) is 18.5 Å². The normalized spacial score (nSPS) is 11.3. The molecule has 0 fully saturated rings. The molecule has 1 aromatic heterocycles. The first kappa shape index (κ1) is 10.9. The molecule has 0 saturated carbocycles. The summed E-state index contributed by atoms with van der Waals surface area (Å²) in [6.45, 7) is 0.348. The Morgan fingerprint density at radius 1 is 1.50 bits per heavy atom. The van der Waals surface area contributed by atoms with E-state index in [2.05, 4.69) is 10.3 Å². The Morgan fingerprint density at radius 3 is 2.64 bits per heavy atom. The Kier molecular flexibility index (Phi) is 3.39. The molecule has 0 aliphatic heterocycles. The van der Waals surface area contributed by atoms with Crippen molar-refractivity contribution in [3.05, 3.63) is 18.3 Å². The van der Waals surface area contributed by atoms with Gasteiger partial charge in [-0.15, -0.1) is 0 Å². The molecule has 0 spiro atoms. The van der Waals surface area contributed by atoms with E-state index in [1.807, 2.05) is 0 Å². The molecule has 14 heavy (non-hydrogen) atoms. The van der Waals surface area contributed by atoms with E-state index in [0.29, 0.717) is 12.4 Å². The van der Waals surface area contributed by atoms with Crippen LogP contribution in [0.3, 0.4) is 0 Å². The van der Waals surface area contributed by atoms with Gasteiger partial charge < -0.3 is 10.4 Å². The van der Waals surface area contributed by atoms with E-state index < -0.39 is 10.0 Å². The van der Waals surface area contributed by atoms with Crippen molar-refractivity contribution in [1.82, 2.24) is 4.98 Å². The Morgan fingerprint density at radius 2 is 2.21 bits per heavy atom. The van der Waals surface area contributed by atoms with Crippen LogP contribution in [0.5, 0.6) is 0 Å². The lowest BCUT2D eigenvalue weighted by Crippen LogP contribution is -2.13. The van der Waals surface area contributed by atoms with Crippen LogP contribution < -0.4 is 10.5 Å². The predicted molar refractivity (Wildman–Crippen MR) is 51.2 cm³/mol. The number of anilines is 1. The summed E-state index contributed by atoms with van der Waals surface area (Å²) in [4.78, 5) is 3.77. The van der Waals surface area contributed by atoms with Crippen molar-refractivity contribution in [3.63, 3.8) is 0 Å². The van der Waals surface area contributed by atoms with Crippen LogP contribution in [0.15, 0.2) is 23.2 Å². The third-order valence-electron chi connectivity index (χ3n) is 1.48. The highest BCUT2D eigenvalue weighted by Gasteiger charge is 2.06. The summed E-state index contributed by atoms with van der Waals surface area (Å²) in [5.41, 5.74) is 0. The van der Waals surface area contributed by atoms with Gasteiger partial charge in [0.15, 0.2) is 0 Å². The summed E-state index contributed by atoms with van der Waals surface area (Å²) in [5.74, 6) is 0.492. The van der Waals surface area contributed by atoms with Gasteiger partial charge in [-0.2, -0.15) is 0 Å². The van der Waals surface area contributed by atoms with Crippen molar-refractivity contribution in [2.24, 2.45) is 5.14 Å². The van der Waals surface area contributed by atoms with Crippen LogP contribution in [0.2, 0.25) is 0 Å². The fraction of sp³-hybridized carbons (Fsp3) is 0.286. The highest BCUT2D eigenvalue weighted by molar-refractivity contribution is 7.89. The average Bonchev–Trinajstić information content (AvgIpc) is 2.14. The molecule has 0 bridgehead atoms. The molecule has 0 aromatic carbocycles. The molecule has 78 valence electrons. The number of aromatic nitrogens is 1. The number of pyridine rings is 1. The predicted octanol–water partition coefficient (Wildman–Crippen LogP) is -0.867. The molecule has 1 aromatic rings. The highest BCUT2D eigenvalue weighted by atomic mass is 32.2. The molecule has 7 heteroatoms. The second-order valence-corrected chi connectivity index (χ2v) is 4.14. The third kappa shape index (κ3) is 2.95. The van der Waals surface area contributed by atoms with Crippen LogP contribution in [-0.4, -0.2) is 31.7 Å². The maximum Gasteiger partial charge on any atom is 0.239 e. The van der Waals surface area contributed by atoms with Crippen molar-refractivity contribution in [2.45, 2.75) is 4.90 Å². The third-order valence-corrected chi connectivity index (χ3v) is 2.38. The number of sulfonamides is 1. The number of nitrogens with one attached hydrogen (secondary N) is 1. The summed E-state index contributed by atoms with van der Waals surface area (Å²) < 4.78 is 21.7. The van der Waals surface area contributed by atoms with Gasteiger partial charge in [0.2, 0.25) is 10.0 Å². The van der Waals surface area contributed by atoms with Gasteiger partial charge in [-0.1, -0.05) is 0 Å². The lowest BCUT2D eigenvalue weighted by Gasteiger charge is -2.03. The largest absolute Gasteiger partial charge is 0.395 e. The molecule has 0 aliphatic rings. The van der Waals surface area contributed by atoms with Crippen LogP contribution in [-0.2, 0) is 10.0 Å². The minimum atomic E-state index is -3.68. The number of aliphatic hydroxyl groups is 1. The van der Waals surface area contributed by atoms with E-state index in [9.17, 15) is 8.42 Å². The van der Waals surface area contributed by atoms with Gasteiger partial charge in [-0.3, -0.25) is 0 Å². The lowest BCUT2D eigenvalue weighted by atomic mass is 10.4. The van der Waals surface area contributed by atoms with Crippen molar-refractivity contribution >= 4 is 15.8 Å². The lowest BCUT2D eigenvalue weighted by molar-refractivity contribution is 0.311. The molecule has 0 unspecified atom stereocenters. The second kappa shape index (κ2) is 4.36. The zero-order chi connectivity index (χ0) is 10.6. The summed E-state index contributed by atoms with van der Waals surface area (Å²) in [7, 11) is -3.68. The minimum absolute atomic E-state index is 0.0153. The fourth-order valence-corrected chi connectivity index (χ4v) is 1.29. The maximum atomic E-state index is 10.8. The van der Waals surface area contributed by atoms with Gasteiger partial charge in [-0.05, 0) is 12.1 Å². The molecule has 0 aliphatic carbocycles. The average molecular weight is 217 g/mol. The maximum absolute atomic E-state index is 10.8. The molecular formula is C7H11N3O3S. The zero-order valence-corrected chi connectivity index (χ0v) is 8.16. The first-order valence-corrected chi connectivity index (χ1v) is 5.42. The van der Waals surface area contributed by atoms with Gasteiger partial charge in [0.1, 0.15) is 10.7 Å². The van der Waals surface area contributed by atoms with Gasteiger partial charge in [0, 0.05) is 12.7 Å². The number of aliphatic hydroxyl groups excluding tert-OH is 1. The Bertz CT molecular complexity index is 387. The topological polar surface area (TPSA) is 105 Å². The Hall–Kier alpha value is -1.18. The number of nitrogens with zero attached hydrogens (tertiary/aromatic N) is 1. The van der Waals surface area contributed by atoms with Crippen LogP contribution >= 0.6 is 0 Å². The summed E-state index contributed by atoms with van der Waals surface area (Å²) in [6.07, 6.45) is 1.16.